The van der Waals surface area contributed by atoms with Crippen LogP contribution in [0.25, 0.3) is 0 Å². The lowest BCUT2D eigenvalue weighted by atomic mass is 9.85. The number of amides is 4. The van der Waals surface area contributed by atoms with Crippen LogP contribution in [-0.2, 0) is 28.8 Å². The predicted octanol–water partition coefficient (Wildman–Crippen LogP) is 1.61. The summed E-state index contributed by atoms with van der Waals surface area (Å²) in [4.78, 5) is 85.0. The van der Waals surface area contributed by atoms with Gasteiger partial charge in [0.15, 0.2) is 0 Å². The van der Waals surface area contributed by atoms with Crippen molar-refractivity contribution >= 4 is 35.2 Å². The Balaban J connectivity index is 4.98. The van der Waals surface area contributed by atoms with Crippen LogP contribution in [0.15, 0.2) is 0 Å². The Hall–Kier alpha value is -2.86. The van der Waals surface area contributed by atoms with Crippen molar-refractivity contribution in [2.45, 2.75) is 91.3 Å². The van der Waals surface area contributed by atoms with Crippen molar-refractivity contribution in [2.75, 3.05) is 76.0 Å². The van der Waals surface area contributed by atoms with Crippen LogP contribution in [0.2, 0.25) is 0 Å². The van der Waals surface area contributed by atoms with Crippen LogP contribution in [0.5, 0.6) is 0 Å². The minimum absolute atomic E-state index is 0.0103. The molecule has 0 spiro atoms. The fourth-order valence-electron chi connectivity index (χ4n) is 5.08. The molecule has 4 amide bonds. The summed E-state index contributed by atoms with van der Waals surface area (Å²) >= 11 is 0. The molecule has 12 nitrogen and oxygen atoms in total. The first-order chi connectivity index (χ1) is 20.1. The average Bonchev–Trinajstić information content (AvgIpc) is 2.90. The first kappa shape index (κ1) is 41.1. The summed E-state index contributed by atoms with van der Waals surface area (Å²) in [7, 11) is 14.0. The molecule has 0 aromatic carbocycles. The molecular formula is C32H60N6O6. The molecule has 254 valence electrons. The smallest absolute Gasteiger partial charge is 0.222 e. The van der Waals surface area contributed by atoms with E-state index in [2.05, 4.69) is 0 Å². The van der Waals surface area contributed by atoms with Crippen molar-refractivity contribution in [1.82, 2.24) is 29.4 Å². The largest absolute Gasteiger partial charge is 0.344 e. The maximum Gasteiger partial charge on any atom is 0.222 e. The molecule has 0 rings (SSSR count). The van der Waals surface area contributed by atoms with Gasteiger partial charge in [0.25, 0.3) is 0 Å². The Labute approximate surface area is 266 Å². The second-order valence-electron chi connectivity index (χ2n) is 13.6. The van der Waals surface area contributed by atoms with E-state index in [-0.39, 0.29) is 84.4 Å². The molecule has 0 saturated carbocycles. The Morgan fingerprint density at radius 3 is 1.07 bits per heavy atom. The summed E-state index contributed by atoms with van der Waals surface area (Å²) in [6.45, 7) is 10.00. The highest BCUT2D eigenvalue weighted by atomic mass is 16.2. The van der Waals surface area contributed by atoms with Gasteiger partial charge < -0.3 is 19.6 Å². The van der Waals surface area contributed by atoms with E-state index in [0.717, 1.165) is 0 Å². The number of carbonyl (C=O) groups excluding carboxylic acids is 6. The highest BCUT2D eigenvalue weighted by Crippen LogP contribution is 2.25. The average molecular weight is 625 g/mol. The molecule has 0 radical (unpaired) electrons. The number of nitrogens with zero attached hydrogens (tertiary/aromatic N) is 6. The lowest BCUT2D eigenvalue weighted by Crippen LogP contribution is -2.51. The molecule has 0 aliphatic heterocycles. The van der Waals surface area contributed by atoms with Crippen LogP contribution >= 0.6 is 0 Å². The molecule has 0 heterocycles. The van der Waals surface area contributed by atoms with Crippen LogP contribution in [0.4, 0.5) is 0 Å². The summed E-state index contributed by atoms with van der Waals surface area (Å²) in [6.07, 6.45) is 1.56. The van der Waals surface area contributed by atoms with E-state index < -0.39 is 0 Å². The SMILES string of the molecule is CC(=O)C(CN(C)C(=O)CCCC(=O)N(C)CC(N(C)C(=O)CCCC(=O)N(C)CC(C(C)=O)N(C)C)C(C)(C)C)N(C)C. The lowest BCUT2D eigenvalue weighted by Gasteiger charge is -2.40. The number of hydrogen-bond donors (Lipinski definition) is 0. The molecule has 3 unspecified atom stereocenters. The monoisotopic (exact) mass is 624 g/mol. The Kier molecular flexibility index (Phi) is 17.6. The van der Waals surface area contributed by atoms with Crippen molar-refractivity contribution in [3.63, 3.8) is 0 Å². The van der Waals surface area contributed by atoms with Gasteiger partial charge in [-0.2, -0.15) is 0 Å². The maximum absolute atomic E-state index is 13.1. The number of likely N-dealkylation sites (N-methyl/N-ethyl adjacent to an activating group) is 6. The van der Waals surface area contributed by atoms with Crippen LogP contribution in [0.1, 0.15) is 73.1 Å². The fraction of sp³-hybridized carbons (Fsp3) is 0.812. The van der Waals surface area contributed by atoms with Gasteiger partial charge in [0.2, 0.25) is 23.6 Å². The zero-order valence-corrected chi connectivity index (χ0v) is 29.7. The van der Waals surface area contributed by atoms with Gasteiger partial charge in [-0.25, -0.2) is 0 Å². The topological polar surface area (TPSA) is 122 Å². The first-order valence-corrected chi connectivity index (χ1v) is 15.4. The minimum atomic E-state index is -0.376. The molecule has 44 heavy (non-hydrogen) atoms. The van der Waals surface area contributed by atoms with Crippen molar-refractivity contribution < 1.29 is 28.8 Å². The standard InChI is InChI=1S/C32H60N6O6/c1-23(39)25(33(6)7)20-35(10)28(41)16-14-17-30(43)37(12)22-27(32(3,4)5)38(13)31(44)19-15-18-29(42)36(11)21-26(24(2)40)34(8)9/h25-27H,14-22H2,1-13H3. The maximum atomic E-state index is 13.1. The van der Waals surface area contributed by atoms with E-state index in [1.165, 1.54) is 23.6 Å². The molecule has 0 saturated heterocycles. The number of carbonyl (C=O) groups is 6. The van der Waals surface area contributed by atoms with Gasteiger partial charge in [-0.15, -0.1) is 0 Å². The van der Waals surface area contributed by atoms with Gasteiger partial charge in [-0.1, -0.05) is 20.8 Å². The van der Waals surface area contributed by atoms with Gasteiger partial charge in [0.1, 0.15) is 11.6 Å². The molecule has 3 atom stereocenters. The fourth-order valence-corrected chi connectivity index (χ4v) is 5.08. The number of rotatable bonds is 19. The molecule has 0 aliphatic carbocycles. The van der Waals surface area contributed by atoms with Crippen molar-refractivity contribution in [3.8, 4) is 0 Å². The van der Waals surface area contributed by atoms with Gasteiger partial charge in [-0.3, -0.25) is 38.6 Å². The summed E-state index contributed by atoms with van der Waals surface area (Å²) in [5, 5.41) is 0. The van der Waals surface area contributed by atoms with E-state index >= 15 is 0 Å². The van der Waals surface area contributed by atoms with Crippen LogP contribution in [-0.4, -0.2) is 159 Å². The van der Waals surface area contributed by atoms with Gasteiger partial charge in [-0.05, 0) is 60.3 Å². The highest BCUT2D eigenvalue weighted by molar-refractivity contribution is 5.84. The highest BCUT2D eigenvalue weighted by Gasteiger charge is 2.33. The molecule has 0 fully saturated rings. The van der Waals surface area contributed by atoms with E-state index in [0.29, 0.717) is 32.5 Å². The quantitative estimate of drug-likeness (QED) is 0.213. The number of Topliss-reactive ketones (excluding diaryl/α,β-unsaturated/α-hetero) is 2. The number of hydrogen-bond acceptors (Lipinski definition) is 8. The molecular weight excluding hydrogens is 564 g/mol. The zero-order valence-electron chi connectivity index (χ0n) is 29.7. The summed E-state index contributed by atoms with van der Waals surface area (Å²) < 4.78 is 0. The van der Waals surface area contributed by atoms with E-state index in [1.54, 1.807) is 76.0 Å². The molecule has 0 aromatic rings. The molecule has 0 N–H and O–H groups in total. The third-order valence-corrected chi connectivity index (χ3v) is 8.23. The Morgan fingerprint density at radius 1 is 0.500 bits per heavy atom. The Bertz CT molecular complexity index is 992. The molecule has 0 aliphatic rings. The second kappa shape index (κ2) is 18.8. The molecule has 0 bridgehead atoms. The minimum Gasteiger partial charge on any atom is -0.344 e. The van der Waals surface area contributed by atoms with Crippen molar-refractivity contribution in [2.24, 2.45) is 5.41 Å². The van der Waals surface area contributed by atoms with E-state index in [1.807, 2.05) is 20.8 Å². The predicted molar refractivity (Wildman–Crippen MR) is 173 cm³/mol. The third-order valence-electron chi connectivity index (χ3n) is 8.23. The molecule has 12 heteroatoms. The summed E-state index contributed by atoms with van der Waals surface area (Å²) in [5.74, 6) is -0.473. The van der Waals surface area contributed by atoms with E-state index in [4.69, 9.17) is 0 Å². The van der Waals surface area contributed by atoms with Crippen LogP contribution < -0.4 is 0 Å². The summed E-state index contributed by atoms with van der Waals surface area (Å²) in [6, 6.07) is -1.01. The van der Waals surface area contributed by atoms with E-state index in [9.17, 15) is 28.8 Å². The molecule has 0 aromatic heterocycles. The number of ketones is 2. The van der Waals surface area contributed by atoms with Crippen LogP contribution in [0.3, 0.4) is 0 Å². The lowest BCUT2D eigenvalue weighted by molar-refractivity contribution is -0.139. The third kappa shape index (κ3) is 14.3. The first-order valence-electron chi connectivity index (χ1n) is 15.4. The van der Waals surface area contributed by atoms with Gasteiger partial charge in [0, 0.05) is 73.5 Å². The van der Waals surface area contributed by atoms with Crippen molar-refractivity contribution in [3.05, 3.63) is 0 Å². The summed E-state index contributed by atoms with van der Waals surface area (Å²) in [5.41, 5.74) is -0.318. The normalized spacial score (nSPS) is 13.7. The van der Waals surface area contributed by atoms with Crippen LogP contribution in [0, 0.1) is 5.41 Å². The van der Waals surface area contributed by atoms with Gasteiger partial charge >= 0.3 is 0 Å². The van der Waals surface area contributed by atoms with Crippen molar-refractivity contribution in [1.29, 1.82) is 0 Å². The second-order valence-corrected chi connectivity index (χ2v) is 13.6. The van der Waals surface area contributed by atoms with Gasteiger partial charge in [0.05, 0.1) is 18.1 Å². The zero-order chi connectivity index (χ0) is 34.5. The Morgan fingerprint density at radius 2 is 0.795 bits per heavy atom.